The zero-order chi connectivity index (χ0) is 34.6. The first-order chi connectivity index (χ1) is 25.6. The van der Waals surface area contributed by atoms with Crippen LogP contribution in [0.2, 0.25) is 0 Å². The molecule has 52 heavy (non-hydrogen) atoms. The summed E-state index contributed by atoms with van der Waals surface area (Å²) in [6.07, 6.45) is 2.25. The first kappa shape index (κ1) is 30.1. The highest BCUT2D eigenvalue weighted by Gasteiger charge is 2.30. The van der Waals surface area contributed by atoms with Gasteiger partial charge in [0.1, 0.15) is 5.84 Å². The molecule has 246 valence electrons. The molecule has 0 saturated carbocycles. The van der Waals surface area contributed by atoms with E-state index in [9.17, 15) is 0 Å². The monoisotopic (exact) mass is 665 g/mol. The van der Waals surface area contributed by atoms with Crippen LogP contribution in [0.4, 0.5) is 0 Å². The highest BCUT2D eigenvalue weighted by molar-refractivity contribution is 6.30. The third kappa shape index (κ3) is 4.85. The van der Waals surface area contributed by atoms with Gasteiger partial charge in [0.05, 0.1) is 22.3 Å². The molecule has 1 unspecified atom stereocenters. The average Bonchev–Trinajstić information content (AvgIpc) is 3.56. The summed E-state index contributed by atoms with van der Waals surface area (Å²) >= 11 is 0. The van der Waals surface area contributed by atoms with E-state index < -0.39 is 5.54 Å². The van der Waals surface area contributed by atoms with Gasteiger partial charge in [0.15, 0.2) is 0 Å². The Kier molecular flexibility index (Phi) is 6.94. The van der Waals surface area contributed by atoms with E-state index in [0.29, 0.717) is 0 Å². The standard InChI is InChI=1S/C49H35N3/c1-49(37-22-9-4-10-23-37)32-43(35-19-7-3-8-20-35)50-48(51-49)36-21-15-24-38(30-36)52-44-29-28-34-18-11-12-25-39(34)46(44)47-41-27-14-13-26-40(41)42(31-45(47)52)33-16-5-2-6-17-33/h2-32H,1H3,(H,50,51). The number of rotatable bonds is 5. The fourth-order valence-electron chi connectivity index (χ4n) is 8.14. The van der Waals surface area contributed by atoms with Gasteiger partial charge in [-0.05, 0) is 81.1 Å². The third-order valence-electron chi connectivity index (χ3n) is 10.6. The molecule has 0 fully saturated rings. The molecule has 8 aromatic carbocycles. The highest BCUT2D eigenvalue weighted by Crippen LogP contribution is 2.44. The topological polar surface area (TPSA) is 29.3 Å². The average molecular weight is 666 g/mol. The van der Waals surface area contributed by atoms with Crippen molar-refractivity contribution in [1.29, 1.82) is 0 Å². The van der Waals surface area contributed by atoms with Gasteiger partial charge in [-0.1, -0.05) is 158 Å². The van der Waals surface area contributed by atoms with E-state index in [1.54, 1.807) is 0 Å². The summed E-state index contributed by atoms with van der Waals surface area (Å²) in [6.45, 7) is 2.23. The summed E-state index contributed by atoms with van der Waals surface area (Å²) in [4.78, 5) is 5.28. The first-order valence-electron chi connectivity index (χ1n) is 17.9. The number of benzene rings is 8. The molecular formula is C49H35N3. The van der Waals surface area contributed by atoms with Crippen molar-refractivity contribution in [3.05, 3.63) is 205 Å². The van der Waals surface area contributed by atoms with E-state index >= 15 is 0 Å². The van der Waals surface area contributed by atoms with Crippen LogP contribution in [0.15, 0.2) is 193 Å². The van der Waals surface area contributed by atoms with Gasteiger partial charge in [0, 0.05) is 22.0 Å². The molecule has 3 heteroatoms. The van der Waals surface area contributed by atoms with Gasteiger partial charge in [-0.15, -0.1) is 0 Å². The number of aliphatic imine (C=N–C) groups is 1. The zero-order valence-corrected chi connectivity index (χ0v) is 28.8. The molecule has 9 aromatic rings. The highest BCUT2D eigenvalue weighted by atomic mass is 15.1. The molecule has 0 amide bonds. The second kappa shape index (κ2) is 12.0. The van der Waals surface area contributed by atoms with E-state index in [1.807, 2.05) is 0 Å². The van der Waals surface area contributed by atoms with E-state index in [1.165, 1.54) is 60.0 Å². The largest absolute Gasteiger partial charge is 0.357 e. The van der Waals surface area contributed by atoms with Crippen LogP contribution < -0.4 is 5.32 Å². The normalized spacial score (nSPS) is 15.9. The van der Waals surface area contributed by atoms with E-state index in [0.717, 1.165) is 28.3 Å². The Balaban J connectivity index is 1.24. The molecule has 1 N–H and O–H groups in total. The summed E-state index contributed by atoms with van der Waals surface area (Å²) in [6, 6.07) is 65.3. The quantitative estimate of drug-likeness (QED) is 0.195. The van der Waals surface area contributed by atoms with Gasteiger partial charge < -0.3 is 9.88 Å². The maximum Gasteiger partial charge on any atom is 0.134 e. The van der Waals surface area contributed by atoms with E-state index in [-0.39, 0.29) is 0 Å². The minimum atomic E-state index is -0.464. The van der Waals surface area contributed by atoms with Crippen LogP contribution in [-0.2, 0) is 5.54 Å². The minimum Gasteiger partial charge on any atom is -0.357 e. The zero-order valence-electron chi connectivity index (χ0n) is 28.8. The van der Waals surface area contributed by atoms with Gasteiger partial charge in [-0.3, -0.25) is 0 Å². The lowest BCUT2D eigenvalue weighted by Crippen LogP contribution is -2.44. The molecule has 0 spiro atoms. The molecule has 3 nitrogen and oxygen atoms in total. The van der Waals surface area contributed by atoms with Crippen molar-refractivity contribution in [1.82, 2.24) is 9.88 Å². The van der Waals surface area contributed by atoms with Gasteiger partial charge in [-0.2, -0.15) is 0 Å². The Bertz CT molecular complexity index is 2870. The van der Waals surface area contributed by atoms with Crippen molar-refractivity contribution in [3.63, 3.8) is 0 Å². The predicted octanol–water partition coefficient (Wildman–Crippen LogP) is 12.1. The number of nitrogens with zero attached hydrogens (tertiary/aromatic N) is 2. The fraction of sp³-hybridized carbons (Fsp3) is 0.0408. The van der Waals surface area contributed by atoms with E-state index in [4.69, 9.17) is 4.99 Å². The molecule has 0 radical (unpaired) electrons. The summed E-state index contributed by atoms with van der Waals surface area (Å²) < 4.78 is 2.45. The first-order valence-corrected chi connectivity index (χ1v) is 17.9. The molecule has 1 aliphatic heterocycles. The third-order valence-corrected chi connectivity index (χ3v) is 10.6. The molecule has 0 saturated heterocycles. The molecule has 10 rings (SSSR count). The molecule has 1 aliphatic rings. The Morgan fingerprint density at radius 1 is 0.500 bits per heavy atom. The lowest BCUT2D eigenvalue weighted by Gasteiger charge is -2.34. The number of nitrogens with one attached hydrogen (secondary N) is 1. The van der Waals surface area contributed by atoms with E-state index in [2.05, 4.69) is 205 Å². The fourth-order valence-corrected chi connectivity index (χ4v) is 8.14. The number of fused-ring (bicyclic) bond motifs is 7. The molecule has 1 aromatic heterocycles. The smallest absolute Gasteiger partial charge is 0.134 e. The molecule has 0 aliphatic carbocycles. The van der Waals surface area contributed by atoms with Crippen LogP contribution in [0.25, 0.3) is 65.9 Å². The summed E-state index contributed by atoms with van der Waals surface area (Å²) in [7, 11) is 0. The van der Waals surface area contributed by atoms with Crippen molar-refractivity contribution >= 4 is 54.9 Å². The second-order valence-electron chi connectivity index (χ2n) is 13.8. The lowest BCUT2D eigenvalue weighted by atomic mass is 9.88. The SMILES string of the molecule is CC1(c2ccccc2)C=C(c2ccccc2)N=C(c2cccc(-n3c4ccc5ccccc5c4c4c5ccccc5c(-c5ccccc5)cc43)c2)N1. The van der Waals surface area contributed by atoms with Crippen molar-refractivity contribution < 1.29 is 0 Å². The Morgan fingerprint density at radius 2 is 1.12 bits per heavy atom. The van der Waals surface area contributed by atoms with Gasteiger partial charge in [0.2, 0.25) is 0 Å². The van der Waals surface area contributed by atoms with Gasteiger partial charge in [0.25, 0.3) is 0 Å². The minimum absolute atomic E-state index is 0.464. The lowest BCUT2D eigenvalue weighted by molar-refractivity contribution is 0.547. The maximum absolute atomic E-state index is 5.28. The van der Waals surface area contributed by atoms with Crippen molar-refractivity contribution in [2.24, 2.45) is 4.99 Å². The molecule has 1 atom stereocenters. The Labute approximate surface area is 302 Å². The maximum atomic E-state index is 5.28. The van der Waals surface area contributed by atoms with Gasteiger partial charge >= 0.3 is 0 Å². The molecule has 2 heterocycles. The Morgan fingerprint density at radius 3 is 1.88 bits per heavy atom. The number of amidine groups is 1. The van der Waals surface area contributed by atoms with Crippen molar-refractivity contribution in [3.8, 4) is 16.8 Å². The second-order valence-corrected chi connectivity index (χ2v) is 13.8. The molecule has 0 bridgehead atoms. The van der Waals surface area contributed by atoms with Crippen LogP contribution in [-0.4, -0.2) is 10.4 Å². The summed E-state index contributed by atoms with van der Waals surface area (Å²) in [5, 5.41) is 11.4. The predicted molar refractivity (Wildman–Crippen MR) is 219 cm³/mol. The number of hydrogen-bond donors (Lipinski definition) is 1. The van der Waals surface area contributed by atoms with Crippen LogP contribution in [0, 0.1) is 0 Å². The summed E-state index contributed by atoms with van der Waals surface area (Å²) in [5.41, 5.74) is 9.67. The number of aromatic nitrogens is 1. The van der Waals surface area contributed by atoms with Crippen molar-refractivity contribution in [2.45, 2.75) is 12.5 Å². The summed E-state index contributed by atoms with van der Waals surface area (Å²) in [5.74, 6) is 0.844. The molecular weight excluding hydrogens is 631 g/mol. The van der Waals surface area contributed by atoms with Crippen LogP contribution in [0.1, 0.15) is 23.6 Å². The van der Waals surface area contributed by atoms with Crippen LogP contribution >= 0.6 is 0 Å². The van der Waals surface area contributed by atoms with Gasteiger partial charge in [-0.25, -0.2) is 4.99 Å². The van der Waals surface area contributed by atoms with Crippen LogP contribution in [0.3, 0.4) is 0 Å². The van der Waals surface area contributed by atoms with Crippen LogP contribution in [0.5, 0.6) is 0 Å². The van der Waals surface area contributed by atoms with Crippen molar-refractivity contribution in [2.75, 3.05) is 0 Å². The number of hydrogen-bond acceptors (Lipinski definition) is 2. The Hall–Kier alpha value is -6.71.